The molecule has 0 amide bonds. The van der Waals surface area contributed by atoms with Gasteiger partial charge in [0.15, 0.2) is 0 Å². The van der Waals surface area contributed by atoms with E-state index in [0.29, 0.717) is 13.0 Å². The number of likely N-dealkylation sites (N-methyl/N-ethyl adjacent to an activating group) is 1. The molecule has 3 rings (SSSR count). The van der Waals surface area contributed by atoms with E-state index in [4.69, 9.17) is 9.47 Å². The number of fused-ring (bicyclic) bond motifs is 1. The van der Waals surface area contributed by atoms with Gasteiger partial charge in [-0.05, 0) is 29.3 Å². The normalized spacial score (nSPS) is 17.4. The molecule has 0 spiro atoms. The molecule has 2 aromatic carbocycles. The van der Waals surface area contributed by atoms with Crippen LogP contribution in [0.15, 0.2) is 47.4 Å². The van der Waals surface area contributed by atoms with Gasteiger partial charge in [-0.25, -0.2) is 12.8 Å². The number of benzene rings is 2. The summed E-state index contributed by atoms with van der Waals surface area (Å²) in [5.74, 6) is -0.515. The fourth-order valence-electron chi connectivity index (χ4n) is 2.93. The van der Waals surface area contributed by atoms with Gasteiger partial charge in [-0.1, -0.05) is 24.3 Å². The van der Waals surface area contributed by atoms with Gasteiger partial charge in [-0.15, -0.1) is 0 Å². The Bertz CT molecular complexity index is 869. The molecule has 0 aliphatic carbocycles. The number of ether oxygens (including phenoxy) is 2. The average Bonchev–Trinajstić information content (AvgIpc) is 2.61. The summed E-state index contributed by atoms with van der Waals surface area (Å²) in [6.45, 7) is 0.633. The zero-order valence-corrected chi connectivity index (χ0v) is 14.9. The summed E-state index contributed by atoms with van der Waals surface area (Å²) < 4.78 is 51.2. The highest BCUT2D eigenvalue weighted by Crippen LogP contribution is 2.28. The number of hydrogen-bond acceptors (Lipinski definition) is 4. The van der Waals surface area contributed by atoms with Crippen molar-refractivity contribution in [1.82, 2.24) is 4.31 Å². The molecule has 25 heavy (non-hydrogen) atoms. The molecule has 1 aliphatic heterocycles. The molecule has 0 bridgehead atoms. The molecule has 1 aliphatic rings. The topological polar surface area (TPSA) is 55.8 Å². The first-order chi connectivity index (χ1) is 11.9. The predicted molar refractivity (Wildman–Crippen MR) is 91.5 cm³/mol. The molecule has 1 unspecified atom stereocenters. The van der Waals surface area contributed by atoms with Crippen LogP contribution in [0.3, 0.4) is 0 Å². The van der Waals surface area contributed by atoms with E-state index in [1.807, 2.05) is 24.3 Å². The molecule has 1 heterocycles. The van der Waals surface area contributed by atoms with Crippen LogP contribution < -0.4 is 4.74 Å². The Balaban J connectivity index is 1.79. The van der Waals surface area contributed by atoms with Gasteiger partial charge in [-0.3, -0.25) is 0 Å². The van der Waals surface area contributed by atoms with Crippen LogP contribution in [0.1, 0.15) is 11.1 Å². The van der Waals surface area contributed by atoms with Crippen LogP contribution in [0.2, 0.25) is 0 Å². The van der Waals surface area contributed by atoms with Gasteiger partial charge in [0.1, 0.15) is 16.5 Å². The maximum Gasteiger partial charge on any atom is 0.246 e. The molecule has 7 heteroatoms. The van der Waals surface area contributed by atoms with Crippen LogP contribution in [-0.4, -0.2) is 39.5 Å². The molecule has 0 N–H and O–H groups in total. The minimum Gasteiger partial charge on any atom is -0.495 e. The SMILES string of the molecule is COc1ccc(F)cc1S(=O)(=O)N(C)CC1Cc2ccccc2CO1. The van der Waals surface area contributed by atoms with Gasteiger partial charge in [0.25, 0.3) is 0 Å². The number of nitrogens with zero attached hydrogens (tertiary/aromatic N) is 1. The van der Waals surface area contributed by atoms with Crippen LogP contribution in [0.4, 0.5) is 4.39 Å². The van der Waals surface area contributed by atoms with Crippen molar-refractivity contribution in [1.29, 1.82) is 0 Å². The highest BCUT2D eigenvalue weighted by Gasteiger charge is 2.29. The van der Waals surface area contributed by atoms with Gasteiger partial charge in [0, 0.05) is 20.0 Å². The molecule has 0 saturated heterocycles. The van der Waals surface area contributed by atoms with Crippen LogP contribution in [-0.2, 0) is 27.8 Å². The zero-order valence-electron chi connectivity index (χ0n) is 14.1. The summed E-state index contributed by atoms with van der Waals surface area (Å²) >= 11 is 0. The predicted octanol–water partition coefficient (Wildman–Crippen LogP) is 2.60. The Labute approximate surface area is 147 Å². The zero-order chi connectivity index (χ0) is 18.0. The number of methoxy groups -OCH3 is 1. The number of sulfonamides is 1. The quantitative estimate of drug-likeness (QED) is 0.817. The van der Waals surface area contributed by atoms with Crippen LogP contribution in [0.5, 0.6) is 5.75 Å². The van der Waals surface area contributed by atoms with Crippen molar-refractivity contribution in [2.75, 3.05) is 20.7 Å². The van der Waals surface area contributed by atoms with E-state index in [0.717, 1.165) is 17.2 Å². The number of hydrogen-bond donors (Lipinski definition) is 0. The third-order valence-corrected chi connectivity index (χ3v) is 6.16. The highest BCUT2D eigenvalue weighted by atomic mass is 32.2. The lowest BCUT2D eigenvalue weighted by atomic mass is 9.99. The van der Waals surface area contributed by atoms with Crippen molar-refractivity contribution in [3.8, 4) is 5.75 Å². The van der Waals surface area contributed by atoms with Crippen LogP contribution >= 0.6 is 0 Å². The van der Waals surface area contributed by atoms with Crippen molar-refractivity contribution in [3.63, 3.8) is 0 Å². The average molecular weight is 365 g/mol. The first-order valence-corrected chi connectivity index (χ1v) is 9.34. The van der Waals surface area contributed by atoms with Crippen molar-refractivity contribution in [2.45, 2.75) is 24.0 Å². The van der Waals surface area contributed by atoms with Crippen molar-refractivity contribution < 1.29 is 22.3 Å². The molecule has 0 radical (unpaired) electrons. The second kappa shape index (κ2) is 7.11. The summed E-state index contributed by atoms with van der Waals surface area (Å²) in [6.07, 6.45) is 0.380. The molecular weight excluding hydrogens is 345 g/mol. The maximum atomic E-state index is 13.5. The smallest absolute Gasteiger partial charge is 0.246 e. The third-order valence-electron chi connectivity index (χ3n) is 4.32. The first kappa shape index (κ1) is 17.8. The molecule has 1 atom stereocenters. The molecule has 0 aromatic heterocycles. The summed E-state index contributed by atoms with van der Waals surface area (Å²) in [5, 5.41) is 0. The number of rotatable bonds is 5. The first-order valence-electron chi connectivity index (χ1n) is 7.90. The highest BCUT2D eigenvalue weighted by molar-refractivity contribution is 7.89. The van der Waals surface area contributed by atoms with Gasteiger partial charge in [0.2, 0.25) is 10.0 Å². The van der Waals surface area contributed by atoms with Gasteiger partial charge in [-0.2, -0.15) is 4.31 Å². The van der Waals surface area contributed by atoms with E-state index in [-0.39, 0.29) is 23.3 Å². The molecule has 0 saturated carbocycles. The Morgan fingerprint density at radius 1 is 1.24 bits per heavy atom. The van der Waals surface area contributed by atoms with Crippen LogP contribution in [0.25, 0.3) is 0 Å². The maximum absolute atomic E-state index is 13.5. The van der Waals surface area contributed by atoms with Gasteiger partial charge < -0.3 is 9.47 Å². The fraction of sp³-hybridized carbons (Fsp3) is 0.333. The van der Waals surface area contributed by atoms with E-state index in [2.05, 4.69) is 0 Å². The summed E-state index contributed by atoms with van der Waals surface area (Å²) in [6, 6.07) is 11.4. The lowest BCUT2D eigenvalue weighted by molar-refractivity contribution is 0.0202. The Kier molecular flexibility index (Phi) is 5.08. The Morgan fingerprint density at radius 2 is 1.96 bits per heavy atom. The minimum absolute atomic E-state index is 0.114. The van der Waals surface area contributed by atoms with Crippen LogP contribution in [0, 0.1) is 5.82 Å². The number of halogens is 1. The van der Waals surface area contributed by atoms with Gasteiger partial charge in [0.05, 0.1) is 19.8 Å². The second-order valence-electron chi connectivity index (χ2n) is 5.99. The molecular formula is C18H20FNO4S. The van der Waals surface area contributed by atoms with Crippen molar-refractivity contribution in [2.24, 2.45) is 0 Å². The van der Waals surface area contributed by atoms with Crippen molar-refractivity contribution >= 4 is 10.0 Å². The van der Waals surface area contributed by atoms with E-state index < -0.39 is 15.8 Å². The molecule has 2 aromatic rings. The summed E-state index contributed by atoms with van der Waals surface area (Å²) in [5.41, 5.74) is 2.28. The standard InChI is InChI=1S/C18H20FNO4S/c1-20(11-16-9-13-5-3-4-6-14(13)12-24-16)25(21,22)18-10-15(19)7-8-17(18)23-2/h3-8,10,16H,9,11-12H2,1-2H3. The molecule has 0 fully saturated rings. The Hall–Kier alpha value is -1.96. The lowest BCUT2D eigenvalue weighted by Gasteiger charge is -2.29. The lowest BCUT2D eigenvalue weighted by Crippen LogP contribution is -2.38. The third kappa shape index (κ3) is 3.68. The summed E-state index contributed by atoms with van der Waals surface area (Å²) in [4.78, 5) is -0.186. The molecule has 134 valence electrons. The molecule has 5 nitrogen and oxygen atoms in total. The van der Waals surface area contributed by atoms with Crippen molar-refractivity contribution in [3.05, 3.63) is 59.4 Å². The van der Waals surface area contributed by atoms with E-state index in [1.54, 1.807) is 0 Å². The Morgan fingerprint density at radius 3 is 2.68 bits per heavy atom. The van der Waals surface area contributed by atoms with E-state index >= 15 is 0 Å². The van der Waals surface area contributed by atoms with Gasteiger partial charge >= 0.3 is 0 Å². The van der Waals surface area contributed by atoms with E-state index in [9.17, 15) is 12.8 Å². The minimum atomic E-state index is -3.89. The van der Waals surface area contributed by atoms with E-state index in [1.165, 1.54) is 30.6 Å². The largest absolute Gasteiger partial charge is 0.495 e. The second-order valence-corrected chi connectivity index (χ2v) is 8.00. The fourth-order valence-corrected chi connectivity index (χ4v) is 4.30. The summed E-state index contributed by atoms with van der Waals surface area (Å²) in [7, 11) is -1.08. The monoisotopic (exact) mass is 365 g/mol.